The molecule has 1 heterocycles. The third kappa shape index (κ3) is 3.14. The van der Waals surface area contributed by atoms with Crippen molar-refractivity contribution < 1.29 is 14.2 Å². The van der Waals surface area contributed by atoms with E-state index in [1.54, 1.807) is 12.1 Å². The van der Waals surface area contributed by atoms with Crippen molar-refractivity contribution in [2.24, 2.45) is 5.92 Å². The van der Waals surface area contributed by atoms with Crippen LogP contribution in [0.4, 0.5) is 4.39 Å². The van der Waals surface area contributed by atoms with Gasteiger partial charge in [0, 0.05) is 19.2 Å². The van der Waals surface area contributed by atoms with Crippen LogP contribution in [0.2, 0.25) is 0 Å². The lowest BCUT2D eigenvalue weighted by atomic mass is 10.0. The molecule has 1 aliphatic carbocycles. The second-order valence-corrected chi connectivity index (χ2v) is 5.54. The minimum atomic E-state index is -0.596. The van der Waals surface area contributed by atoms with Gasteiger partial charge >= 0.3 is 0 Å². The fraction of sp³-hybridized carbons (Fsp3) is 0.600. The third-order valence-corrected chi connectivity index (χ3v) is 4.05. The van der Waals surface area contributed by atoms with Gasteiger partial charge in [-0.15, -0.1) is 0 Å². The van der Waals surface area contributed by atoms with Gasteiger partial charge in [-0.1, -0.05) is 12.1 Å². The molecule has 1 saturated heterocycles. The quantitative estimate of drug-likeness (QED) is 0.856. The van der Waals surface area contributed by atoms with Crippen LogP contribution in [0.3, 0.4) is 0 Å². The summed E-state index contributed by atoms with van der Waals surface area (Å²) in [6.45, 7) is 1.30. The van der Waals surface area contributed by atoms with Crippen LogP contribution in [0.25, 0.3) is 0 Å². The number of benzene rings is 1. The molecule has 1 aromatic rings. The minimum absolute atomic E-state index is 0.276. The number of hydrogen-bond acceptors (Lipinski definition) is 3. The predicted octanol–water partition coefficient (Wildman–Crippen LogP) is 2.02. The van der Waals surface area contributed by atoms with Crippen LogP contribution in [0.1, 0.15) is 30.9 Å². The molecule has 3 nitrogen and oxygen atoms in total. The molecule has 4 heteroatoms. The zero-order chi connectivity index (χ0) is 13.2. The van der Waals surface area contributed by atoms with Gasteiger partial charge in [-0.05, 0) is 42.9 Å². The van der Waals surface area contributed by atoms with Gasteiger partial charge < -0.3 is 15.2 Å². The van der Waals surface area contributed by atoms with Crippen molar-refractivity contribution in [2.75, 3.05) is 13.2 Å². The van der Waals surface area contributed by atoms with Gasteiger partial charge in [0.1, 0.15) is 5.82 Å². The summed E-state index contributed by atoms with van der Waals surface area (Å²) >= 11 is 0. The van der Waals surface area contributed by atoms with Crippen molar-refractivity contribution >= 4 is 0 Å². The average molecular weight is 265 g/mol. The molecule has 0 radical (unpaired) electrons. The highest BCUT2D eigenvalue weighted by Crippen LogP contribution is 2.38. The number of ether oxygens (including phenoxy) is 1. The van der Waals surface area contributed by atoms with E-state index in [2.05, 4.69) is 5.32 Å². The smallest absolute Gasteiger partial charge is 0.123 e. The van der Waals surface area contributed by atoms with Crippen molar-refractivity contribution in [3.8, 4) is 0 Å². The Bertz CT molecular complexity index is 419. The van der Waals surface area contributed by atoms with Gasteiger partial charge in [0.05, 0.1) is 12.2 Å². The molecule has 2 aliphatic rings. The Morgan fingerprint density at radius 3 is 2.68 bits per heavy atom. The van der Waals surface area contributed by atoms with E-state index in [4.69, 9.17) is 4.74 Å². The standard InChI is InChI=1S/C15H20FNO2/c16-12-5-3-10(4-6-12)14(18)9-17-13-7-8-19-15(13)11-1-2-11/h3-6,11,13-15,17-18H,1-2,7-9H2. The number of aliphatic hydroxyl groups is 1. The van der Waals surface area contributed by atoms with E-state index in [0.29, 0.717) is 24.6 Å². The Balaban J connectivity index is 1.52. The molecule has 0 amide bonds. The first-order chi connectivity index (χ1) is 9.24. The molecule has 2 N–H and O–H groups in total. The second kappa shape index (κ2) is 5.57. The number of rotatable bonds is 5. The van der Waals surface area contributed by atoms with Crippen LogP contribution in [-0.4, -0.2) is 30.4 Å². The van der Waals surface area contributed by atoms with Crippen LogP contribution >= 0.6 is 0 Å². The fourth-order valence-electron chi connectivity index (χ4n) is 2.78. The maximum Gasteiger partial charge on any atom is 0.123 e. The summed E-state index contributed by atoms with van der Waals surface area (Å²) in [5.41, 5.74) is 0.746. The number of aliphatic hydroxyl groups excluding tert-OH is 1. The molecule has 3 atom stereocenters. The summed E-state index contributed by atoms with van der Waals surface area (Å²) in [7, 11) is 0. The highest BCUT2D eigenvalue weighted by atomic mass is 19.1. The highest BCUT2D eigenvalue weighted by molar-refractivity contribution is 5.18. The van der Waals surface area contributed by atoms with E-state index in [0.717, 1.165) is 18.6 Å². The molecule has 3 rings (SSSR count). The van der Waals surface area contributed by atoms with E-state index in [1.165, 1.54) is 25.0 Å². The van der Waals surface area contributed by atoms with Crippen LogP contribution < -0.4 is 5.32 Å². The Hall–Kier alpha value is -0.970. The normalized spacial score (nSPS) is 28.5. The van der Waals surface area contributed by atoms with E-state index in [-0.39, 0.29) is 5.82 Å². The zero-order valence-corrected chi connectivity index (χ0v) is 10.9. The SMILES string of the molecule is OC(CNC1CCOC1C1CC1)c1ccc(F)cc1. The summed E-state index contributed by atoms with van der Waals surface area (Å²) in [6.07, 6.45) is 3.27. The van der Waals surface area contributed by atoms with Crippen molar-refractivity contribution in [2.45, 2.75) is 37.5 Å². The van der Waals surface area contributed by atoms with Gasteiger partial charge in [-0.25, -0.2) is 4.39 Å². The molecular formula is C15H20FNO2. The summed E-state index contributed by atoms with van der Waals surface area (Å²) < 4.78 is 18.6. The van der Waals surface area contributed by atoms with Crippen LogP contribution in [0, 0.1) is 11.7 Å². The summed E-state index contributed by atoms with van der Waals surface area (Å²) in [5.74, 6) is 0.435. The molecule has 1 saturated carbocycles. The summed E-state index contributed by atoms with van der Waals surface area (Å²) in [4.78, 5) is 0. The molecule has 2 fully saturated rings. The topological polar surface area (TPSA) is 41.5 Å². The van der Waals surface area contributed by atoms with E-state index in [1.807, 2.05) is 0 Å². The average Bonchev–Trinajstić information content (AvgIpc) is 3.16. The Morgan fingerprint density at radius 1 is 1.26 bits per heavy atom. The molecule has 104 valence electrons. The first-order valence-electron chi connectivity index (χ1n) is 7.02. The first kappa shape index (κ1) is 13.0. The van der Waals surface area contributed by atoms with Gasteiger partial charge in [0.2, 0.25) is 0 Å². The Morgan fingerprint density at radius 2 is 2.00 bits per heavy atom. The fourth-order valence-corrected chi connectivity index (χ4v) is 2.78. The van der Waals surface area contributed by atoms with E-state index in [9.17, 15) is 9.50 Å². The van der Waals surface area contributed by atoms with Gasteiger partial charge in [-0.2, -0.15) is 0 Å². The Kier molecular flexibility index (Phi) is 3.82. The highest BCUT2D eigenvalue weighted by Gasteiger charge is 2.40. The Labute approximate surface area is 112 Å². The predicted molar refractivity (Wildman–Crippen MR) is 70.2 cm³/mol. The second-order valence-electron chi connectivity index (χ2n) is 5.54. The van der Waals surface area contributed by atoms with Crippen molar-refractivity contribution in [3.05, 3.63) is 35.6 Å². The lowest BCUT2D eigenvalue weighted by Crippen LogP contribution is -2.39. The largest absolute Gasteiger partial charge is 0.387 e. The number of hydrogen-bond donors (Lipinski definition) is 2. The van der Waals surface area contributed by atoms with Gasteiger partial charge in [0.15, 0.2) is 0 Å². The first-order valence-corrected chi connectivity index (χ1v) is 7.02. The molecule has 0 bridgehead atoms. The molecule has 0 aromatic heterocycles. The van der Waals surface area contributed by atoms with Crippen molar-refractivity contribution in [1.29, 1.82) is 0 Å². The summed E-state index contributed by atoms with van der Waals surface area (Å²) in [6, 6.07) is 6.37. The summed E-state index contributed by atoms with van der Waals surface area (Å²) in [5, 5.41) is 13.5. The lowest BCUT2D eigenvalue weighted by Gasteiger charge is -2.21. The lowest BCUT2D eigenvalue weighted by molar-refractivity contribution is 0.0770. The van der Waals surface area contributed by atoms with Crippen LogP contribution in [0.15, 0.2) is 24.3 Å². The molecule has 1 aromatic carbocycles. The maximum atomic E-state index is 12.8. The number of halogens is 1. The molecule has 3 unspecified atom stereocenters. The van der Waals surface area contributed by atoms with Crippen LogP contribution in [0.5, 0.6) is 0 Å². The monoisotopic (exact) mass is 265 g/mol. The third-order valence-electron chi connectivity index (χ3n) is 4.05. The van der Waals surface area contributed by atoms with Crippen molar-refractivity contribution in [1.82, 2.24) is 5.32 Å². The van der Waals surface area contributed by atoms with Gasteiger partial charge in [-0.3, -0.25) is 0 Å². The number of nitrogens with one attached hydrogen (secondary N) is 1. The van der Waals surface area contributed by atoms with E-state index >= 15 is 0 Å². The van der Waals surface area contributed by atoms with Gasteiger partial charge in [0.25, 0.3) is 0 Å². The molecule has 1 aliphatic heterocycles. The zero-order valence-electron chi connectivity index (χ0n) is 10.9. The maximum absolute atomic E-state index is 12.8. The van der Waals surface area contributed by atoms with E-state index < -0.39 is 6.10 Å². The molecule has 19 heavy (non-hydrogen) atoms. The van der Waals surface area contributed by atoms with Crippen LogP contribution in [-0.2, 0) is 4.74 Å². The molecular weight excluding hydrogens is 245 g/mol. The van der Waals surface area contributed by atoms with Crippen molar-refractivity contribution in [3.63, 3.8) is 0 Å². The molecule has 0 spiro atoms. The minimum Gasteiger partial charge on any atom is -0.387 e.